The second-order valence-corrected chi connectivity index (χ2v) is 4.00. The Kier molecular flexibility index (Phi) is 3.44. The lowest BCUT2D eigenvalue weighted by molar-refractivity contribution is -0.137. The maximum atomic E-state index is 10.5. The van der Waals surface area contributed by atoms with Crippen LogP contribution in [-0.4, -0.2) is 28.0 Å². The summed E-state index contributed by atoms with van der Waals surface area (Å²) in [5.74, 6) is -0.534. The molecule has 0 bridgehead atoms. The van der Waals surface area contributed by atoms with Gasteiger partial charge in [-0.25, -0.2) is 0 Å². The van der Waals surface area contributed by atoms with E-state index in [1.165, 1.54) is 0 Å². The van der Waals surface area contributed by atoms with Gasteiger partial charge in [0.05, 0.1) is 5.52 Å². The molecule has 1 unspecified atom stereocenters. The van der Waals surface area contributed by atoms with E-state index in [1.807, 2.05) is 18.2 Å². The summed E-state index contributed by atoms with van der Waals surface area (Å²) in [5, 5.41) is 8.56. The van der Waals surface area contributed by atoms with Crippen LogP contribution >= 0.6 is 11.6 Å². The molecule has 0 amide bonds. The van der Waals surface area contributed by atoms with Crippen LogP contribution in [-0.2, 0) is 4.79 Å². The number of carbonyl (C=O) groups is 1. The van der Waals surface area contributed by atoms with Gasteiger partial charge in [-0.2, -0.15) is 0 Å². The molecule has 2 aromatic rings. The van der Waals surface area contributed by atoms with E-state index in [2.05, 4.69) is 4.98 Å². The summed E-state index contributed by atoms with van der Waals surface area (Å²) in [5.41, 5.74) is 0.798. The van der Waals surface area contributed by atoms with Crippen LogP contribution in [0.25, 0.3) is 10.9 Å². The van der Waals surface area contributed by atoms with Crippen LogP contribution in [0.2, 0.25) is 0 Å². The minimum Gasteiger partial charge on any atom is -0.491 e. The highest BCUT2D eigenvalue weighted by atomic mass is 35.5. The minimum atomic E-state index is -1.09. The predicted octanol–water partition coefficient (Wildman–Crippen LogP) is 2.31. The molecule has 88 valence electrons. The average molecular weight is 252 g/mol. The molecule has 0 aliphatic carbocycles. The fourth-order valence-corrected chi connectivity index (χ4v) is 1.44. The van der Waals surface area contributed by atoms with Crippen molar-refractivity contribution in [2.45, 2.75) is 5.38 Å². The van der Waals surface area contributed by atoms with Crippen LogP contribution in [0.5, 0.6) is 5.75 Å². The lowest BCUT2D eigenvalue weighted by Gasteiger charge is -2.08. The van der Waals surface area contributed by atoms with Gasteiger partial charge in [0.1, 0.15) is 12.4 Å². The number of carboxylic acids is 1. The zero-order valence-electron chi connectivity index (χ0n) is 8.84. The second kappa shape index (κ2) is 5.01. The average Bonchev–Trinajstić information content (AvgIpc) is 2.35. The van der Waals surface area contributed by atoms with Crippen LogP contribution < -0.4 is 4.74 Å². The molecule has 5 heteroatoms. The van der Waals surface area contributed by atoms with Gasteiger partial charge in [0, 0.05) is 17.6 Å². The molecule has 0 spiro atoms. The van der Waals surface area contributed by atoms with Crippen molar-refractivity contribution in [1.29, 1.82) is 0 Å². The Morgan fingerprint density at radius 2 is 2.29 bits per heavy atom. The molecule has 0 saturated carbocycles. The molecule has 0 fully saturated rings. The number of rotatable bonds is 4. The van der Waals surface area contributed by atoms with E-state index in [0.717, 1.165) is 10.9 Å². The molecular formula is C12H10ClNO3. The standard InChI is InChI=1S/C12H10ClNO3/c13-10(12(15)16)7-17-9-4-3-8-2-1-5-14-11(8)6-9/h1-6,10H,7H2,(H,15,16). The monoisotopic (exact) mass is 251 g/mol. The molecule has 1 aromatic carbocycles. The maximum absolute atomic E-state index is 10.5. The summed E-state index contributed by atoms with van der Waals surface area (Å²) < 4.78 is 5.28. The first-order chi connectivity index (χ1) is 8.16. The number of benzene rings is 1. The third kappa shape index (κ3) is 2.85. The Labute approximate surface area is 103 Å². The van der Waals surface area contributed by atoms with E-state index in [-0.39, 0.29) is 6.61 Å². The van der Waals surface area contributed by atoms with Gasteiger partial charge in [0.2, 0.25) is 0 Å². The van der Waals surface area contributed by atoms with E-state index >= 15 is 0 Å². The maximum Gasteiger partial charge on any atom is 0.325 e. The molecular weight excluding hydrogens is 242 g/mol. The first-order valence-corrected chi connectivity index (χ1v) is 5.45. The number of aromatic nitrogens is 1. The van der Waals surface area contributed by atoms with Crippen molar-refractivity contribution < 1.29 is 14.6 Å². The minimum absolute atomic E-state index is 0.0742. The van der Waals surface area contributed by atoms with Crippen LogP contribution in [0, 0.1) is 0 Å². The smallest absolute Gasteiger partial charge is 0.325 e. The lowest BCUT2D eigenvalue weighted by Crippen LogP contribution is -2.21. The molecule has 0 aliphatic rings. The van der Waals surface area contributed by atoms with Crippen LogP contribution in [0.3, 0.4) is 0 Å². The van der Waals surface area contributed by atoms with E-state index in [9.17, 15) is 4.79 Å². The van der Waals surface area contributed by atoms with Crippen molar-refractivity contribution >= 4 is 28.5 Å². The molecule has 2 rings (SSSR count). The number of nitrogens with zero attached hydrogens (tertiary/aromatic N) is 1. The van der Waals surface area contributed by atoms with Crippen molar-refractivity contribution in [2.24, 2.45) is 0 Å². The summed E-state index contributed by atoms with van der Waals surface area (Å²) in [4.78, 5) is 14.7. The van der Waals surface area contributed by atoms with Crippen molar-refractivity contribution in [3.8, 4) is 5.75 Å². The van der Waals surface area contributed by atoms with E-state index in [1.54, 1.807) is 18.3 Å². The molecule has 4 nitrogen and oxygen atoms in total. The molecule has 0 saturated heterocycles. The molecule has 1 aromatic heterocycles. The Morgan fingerprint density at radius 3 is 3.06 bits per heavy atom. The normalized spacial score (nSPS) is 12.3. The lowest BCUT2D eigenvalue weighted by atomic mass is 10.2. The fourth-order valence-electron chi connectivity index (χ4n) is 1.38. The number of halogens is 1. The number of pyridine rings is 1. The predicted molar refractivity (Wildman–Crippen MR) is 64.5 cm³/mol. The van der Waals surface area contributed by atoms with Crippen molar-refractivity contribution in [3.63, 3.8) is 0 Å². The first-order valence-electron chi connectivity index (χ1n) is 5.01. The summed E-state index contributed by atoms with van der Waals surface area (Å²) >= 11 is 5.54. The number of alkyl halides is 1. The number of carboxylic acid groups (broad SMARTS) is 1. The number of aliphatic carboxylic acids is 1. The molecule has 0 aliphatic heterocycles. The van der Waals surface area contributed by atoms with Crippen molar-refractivity contribution in [1.82, 2.24) is 4.98 Å². The molecule has 17 heavy (non-hydrogen) atoms. The van der Waals surface area contributed by atoms with Gasteiger partial charge < -0.3 is 9.84 Å². The van der Waals surface area contributed by atoms with Gasteiger partial charge in [-0.3, -0.25) is 9.78 Å². The van der Waals surface area contributed by atoms with Gasteiger partial charge in [-0.15, -0.1) is 11.6 Å². The van der Waals surface area contributed by atoms with Crippen molar-refractivity contribution in [2.75, 3.05) is 6.61 Å². The fraction of sp³-hybridized carbons (Fsp3) is 0.167. The van der Waals surface area contributed by atoms with Gasteiger partial charge in [-0.05, 0) is 18.2 Å². The van der Waals surface area contributed by atoms with E-state index in [4.69, 9.17) is 21.4 Å². The zero-order valence-corrected chi connectivity index (χ0v) is 9.59. The van der Waals surface area contributed by atoms with Crippen LogP contribution in [0.1, 0.15) is 0 Å². The van der Waals surface area contributed by atoms with Gasteiger partial charge in [-0.1, -0.05) is 6.07 Å². The zero-order chi connectivity index (χ0) is 12.3. The highest BCUT2D eigenvalue weighted by Crippen LogP contribution is 2.19. The van der Waals surface area contributed by atoms with E-state index < -0.39 is 11.3 Å². The molecule has 1 atom stereocenters. The van der Waals surface area contributed by atoms with Crippen molar-refractivity contribution in [3.05, 3.63) is 36.5 Å². The molecule has 0 radical (unpaired) electrons. The highest BCUT2D eigenvalue weighted by molar-refractivity contribution is 6.29. The summed E-state index contributed by atoms with van der Waals surface area (Å²) in [6.07, 6.45) is 1.69. The van der Waals surface area contributed by atoms with Crippen LogP contribution in [0.4, 0.5) is 0 Å². The topological polar surface area (TPSA) is 59.4 Å². The quantitative estimate of drug-likeness (QED) is 0.847. The Bertz CT molecular complexity index is 544. The third-order valence-corrected chi connectivity index (χ3v) is 2.55. The first kappa shape index (κ1) is 11.7. The summed E-state index contributed by atoms with van der Waals surface area (Å²) in [7, 11) is 0. The van der Waals surface area contributed by atoms with E-state index in [0.29, 0.717) is 5.75 Å². The number of ether oxygens (including phenoxy) is 1. The van der Waals surface area contributed by atoms with Gasteiger partial charge >= 0.3 is 5.97 Å². The number of hydrogen-bond donors (Lipinski definition) is 1. The Hall–Kier alpha value is -1.81. The SMILES string of the molecule is O=C(O)C(Cl)COc1ccc2cccnc2c1. The molecule has 1 N–H and O–H groups in total. The Balaban J connectivity index is 2.12. The van der Waals surface area contributed by atoms with Gasteiger partial charge in [0.15, 0.2) is 5.38 Å². The third-order valence-electron chi connectivity index (χ3n) is 2.24. The summed E-state index contributed by atoms with van der Waals surface area (Å²) in [6, 6.07) is 9.16. The Morgan fingerprint density at radius 1 is 1.47 bits per heavy atom. The van der Waals surface area contributed by atoms with Crippen LogP contribution in [0.15, 0.2) is 36.5 Å². The molecule has 1 heterocycles. The second-order valence-electron chi connectivity index (χ2n) is 3.47. The highest BCUT2D eigenvalue weighted by Gasteiger charge is 2.14. The number of fused-ring (bicyclic) bond motifs is 1. The number of hydrogen-bond acceptors (Lipinski definition) is 3. The summed E-state index contributed by atoms with van der Waals surface area (Å²) in [6.45, 7) is -0.0742. The van der Waals surface area contributed by atoms with Gasteiger partial charge in [0.25, 0.3) is 0 Å². The largest absolute Gasteiger partial charge is 0.491 e.